The van der Waals surface area contributed by atoms with Gasteiger partial charge in [0.2, 0.25) is 8.32 Å². The van der Waals surface area contributed by atoms with Crippen LogP contribution in [-0.4, -0.2) is 67.4 Å². The van der Waals surface area contributed by atoms with Crippen LogP contribution >= 0.6 is 0 Å². The minimum absolute atomic E-state index is 0.0744. The molecule has 1 aliphatic rings. The molecule has 1 N–H and O–H groups in total. The Morgan fingerprint density at radius 1 is 1.00 bits per heavy atom. The molecule has 8 heteroatoms. The van der Waals surface area contributed by atoms with Crippen molar-refractivity contribution in [2.75, 3.05) is 13.2 Å². The molecular weight excluding hydrogens is 534 g/mol. The Hall–Kier alpha value is -2.42. The summed E-state index contributed by atoms with van der Waals surface area (Å²) in [5.74, 6) is -0.710. The summed E-state index contributed by atoms with van der Waals surface area (Å²) < 4.78 is 19.8. The van der Waals surface area contributed by atoms with Crippen LogP contribution in [0.4, 0.5) is 4.79 Å². The Morgan fingerprint density at radius 2 is 1.59 bits per heavy atom. The molecular formula is C33H51NO6Si. The number of ether oxygens (including phenoxy) is 2. The van der Waals surface area contributed by atoms with Crippen molar-refractivity contribution >= 4 is 31.2 Å². The average Bonchev–Trinajstić information content (AvgIpc) is 2.90. The fourth-order valence-corrected chi connectivity index (χ4v) is 12.7. The van der Waals surface area contributed by atoms with E-state index in [9.17, 15) is 14.7 Å². The Kier molecular flexibility index (Phi) is 10.7. The molecule has 1 saturated heterocycles. The van der Waals surface area contributed by atoms with Crippen LogP contribution in [0.5, 0.6) is 0 Å². The van der Waals surface area contributed by atoms with Gasteiger partial charge in [0.05, 0.1) is 19.3 Å². The third kappa shape index (κ3) is 7.15. The number of carboxylic acid groups (broad SMARTS) is 1. The zero-order valence-electron chi connectivity index (χ0n) is 26.6. The topological polar surface area (TPSA) is 85.3 Å². The van der Waals surface area contributed by atoms with Crippen molar-refractivity contribution in [2.24, 2.45) is 5.92 Å². The smallest absolute Gasteiger partial charge is 0.408 e. The highest BCUT2D eigenvalue weighted by Crippen LogP contribution is 2.45. The zero-order chi connectivity index (χ0) is 30.7. The van der Waals surface area contributed by atoms with Gasteiger partial charge in [0, 0.05) is 11.5 Å². The van der Waals surface area contributed by atoms with Crippen molar-refractivity contribution in [3.05, 3.63) is 48.0 Å². The van der Waals surface area contributed by atoms with Crippen molar-refractivity contribution in [3.8, 4) is 0 Å². The summed E-state index contributed by atoms with van der Waals surface area (Å²) in [4.78, 5) is 27.1. The minimum Gasteiger partial charge on any atom is -0.465 e. The molecule has 0 saturated carbocycles. The number of cyclic esters (lactones) is 1. The standard InChI is InChI=1S/C33H51NO6Si/c1-21(2)41(22(3)4,23(5)6)40-30-24(7)39-31(35)29(34(32(36)37)33(8,9)10)20-38-19-27(30)18-26-16-13-15-25-14-11-12-17-28(25)26/h11-17,21-24,27,29-30H,18-20H2,1-10H3,(H,36,37)/t24-,27-,29-,30-/m0/s1. The lowest BCUT2D eigenvalue weighted by atomic mass is 9.89. The molecule has 2 aromatic carbocycles. The van der Waals surface area contributed by atoms with Gasteiger partial charge in [0.1, 0.15) is 6.10 Å². The number of esters is 1. The van der Waals surface area contributed by atoms with Crippen molar-refractivity contribution in [1.82, 2.24) is 4.90 Å². The Bertz CT molecular complexity index is 1160. The molecule has 0 radical (unpaired) electrons. The summed E-state index contributed by atoms with van der Waals surface area (Å²) in [6, 6.07) is 13.6. The van der Waals surface area contributed by atoms with E-state index >= 15 is 0 Å². The van der Waals surface area contributed by atoms with Crippen LogP contribution in [0.1, 0.15) is 74.8 Å². The molecule has 2 aromatic rings. The average molecular weight is 586 g/mol. The second kappa shape index (κ2) is 13.3. The van der Waals surface area contributed by atoms with E-state index in [1.807, 2.05) is 13.0 Å². The lowest BCUT2D eigenvalue weighted by molar-refractivity contribution is -0.161. The zero-order valence-corrected chi connectivity index (χ0v) is 27.6. The predicted octanol–water partition coefficient (Wildman–Crippen LogP) is 7.67. The Morgan fingerprint density at radius 3 is 2.15 bits per heavy atom. The molecule has 228 valence electrons. The fraction of sp³-hybridized carbons (Fsp3) is 0.636. The third-order valence-electron chi connectivity index (χ3n) is 8.76. The molecule has 1 amide bonds. The van der Waals surface area contributed by atoms with Gasteiger partial charge in [-0.2, -0.15) is 0 Å². The number of carbonyl (C=O) groups is 2. The molecule has 1 heterocycles. The van der Waals surface area contributed by atoms with E-state index in [2.05, 4.69) is 77.9 Å². The van der Waals surface area contributed by atoms with E-state index in [0.29, 0.717) is 29.7 Å². The first kappa shape index (κ1) is 33.1. The van der Waals surface area contributed by atoms with Crippen molar-refractivity contribution < 1.29 is 28.6 Å². The molecule has 3 rings (SSSR count). The van der Waals surface area contributed by atoms with Crippen LogP contribution < -0.4 is 0 Å². The minimum atomic E-state index is -2.38. The predicted molar refractivity (Wildman–Crippen MR) is 167 cm³/mol. The van der Waals surface area contributed by atoms with Gasteiger partial charge in [0.25, 0.3) is 0 Å². The molecule has 0 unspecified atom stereocenters. The molecule has 0 aliphatic carbocycles. The third-order valence-corrected chi connectivity index (χ3v) is 14.9. The summed E-state index contributed by atoms with van der Waals surface area (Å²) in [7, 11) is -2.38. The van der Waals surface area contributed by atoms with Crippen LogP contribution in [-0.2, 0) is 25.1 Å². The number of benzene rings is 2. The van der Waals surface area contributed by atoms with Crippen molar-refractivity contribution in [1.29, 1.82) is 0 Å². The number of rotatable bonds is 8. The molecule has 0 bridgehead atoms. The van der Waals surface area contributed by atoms with Gasteiger partial charge in [-0.15, -0.1) is 0 Å². The van der Waals surface area contributed by atoms with E-state index in [4.69, 9.17) is 13.9 Å². The van der Waals surface area contributed by atoms with E-state index in [-0.39, 0.29) is 12.5 Å². The second-order valence-electron chi connectivity index (χ2n) is 13.5. The summed E-state index contributed by atoms with van der Waals surface area (Å²) in [6.07, 6.45) is -1.51. The van der Waals surface area contributed by atoms with Crippen LogP contribution in [0, 0.1) is 5.92 Å². The van der Waals surface area contributed by atoms with Crippen LogP contribution in [0.2, 0.25) is 16.6 Å². The lowest BCUT2D eigenvalue weighted by Crippen LogP contribution is -2.57. The maximum absolute atomic E-state index is 13.6. The van der Waals surface area contributed by atoms with Gasteiger partial charge in [-0.3, -0.25) is 4.90 Å². The molecule has 7 nitrogen and oxygen atoms in total. The van der Waals surface area contributed by atoms with Crippen LogP contribution in [0.15, 0.2) is 42.5 Å². The summed E-state index contributed by atoms with van der Waals surface area (Å²) >= 11 is 0. The lowest BCUT2D eigenvalue weighted by Gasteiger charge is -2.47. The van der Waals surface area contributed by atoms with E-state index in [1.54, 1.807) is 20.8 Å². The maximum Gasteiger partial charge on any atom is 0.408 e. The highest BCUT2D eigenvalue weighted by Gasteiger charge is 2.50. The summed E-state index contributed by atoms with van der Waals surface area (Å²) in [5.41, 5.74) is 1.39. The van der Waals surface area contributed by atoms with Crippen LogP contribution in [0.25, 0.3) is 10.8 Å². The molecule has 41 heavy (non-hydrogen) atoms. The van der Waals surface area contributed by atoms with Crippen molar-refractivity contribution in [3.63, 3.8) is 0 Å². The largest absolute Gasteiger partial charge is 0.465 e. The van der Waals surface area contributed by atoms with E-state index in [1.165, 1.54) is 16.3 Å². The number of amides is 1. The van der Waals surface area contributed by atoms with Gasteiger partial charge in [-0.1, -0.05) is 84.0 Å². The number of nitrogens with zero attached hydrogens (tertiary/aromatic N) is 1. The fourth-order valence-electron chi connectivity index (χ4n) is 7.04. The Balaban J connectivity index is 2.11. The highest BCUT2D eigenvalue weighted by molar-refractivity contribution is 6.77. The molecule has 0 aromatic heterocycles. The number of carbonyl (C=O) groups excluding carboxylic acids is 1. The quantitative estimate of drug-likeness (QED) is 0.253. The van der Waals surface area contributed by atoms with Gasteiger partial charge in [-0.05, 0) is 67.1 Å². The Labute approximate surface area is 247 Å². The van der Waals surface area contributed by atoms with Crippen molar-refractivity contribution in [2.45, 2.75) is 116 Å². The first-order chi connectivity index (χ1) is 19.1. The number of hydrogen-bond acceptors (Lipinski definition) is 5. The first-order valence-electron chi connectivity index (χ1n) is 15.1. The SMILES string of the molecule is CC(C)[Si](O[C@@H]1[C@@H](Cc2cccc3ccccc23)COC[C@H](N(C(=O)O)C(C)(C)C)C(=O)O[C@H]1C)(C(C)C)C(C)C. The first-order valence-corrected chi connectivity index (χ1v) is 17.2. The summed E-state index contributed by atoms with van der Waals surface area (Å²) in [6.45, 7) is 20.9. The molecule has 1 fully saturated rings. The summed E-state index contributed by atoms with van der Waals surface area (Å²) in [5, 5.41) is 12.4. The maximum atomic E-state index is 13.6. The molecule has 4 atom stereocenters. The van der Waals surface area contributed by atoms with Gasteiger partial charge in [-0.25, -0.2) is 9.59 Å². The van der Waals surface area contributed by atoms with Gasteiger partial charge < -0.3 is 19.0 Å². The monoisotopic (exact) mass is 585 g/mol. The highest BCUT2D eigenvalue weighted by atomic mass is 28.4. The van der Waals surface area contributed by atoms with Gasteiger partial charge >= 0.3 is 12.1 Å². The molecule has 1 aliphatic heterocycles. The van der Waals surface area contributed by atoms with E-state index in [0.717, 1.165) is 4.90 Å². The molecule has 0 spiro atoms. The second-order valence-corrected chi connectivity index (χ2v) is 18.9. The van der Waals surface area contributed by atoms with Crippen LogP contribution in [0.3, 0.4) is 0 Å². The van der Waals surface area contributed by atoms with Gasteiger partial charge in [0.15, 0.2) is 6.04 Å². The normalized spacial score (nSPS) is 22.9. The number of fused-ring (bicyclic) bond motifs is 1. The van der Waals surface area contributed by atoms with E-state index < -0.39 is 44.2 Å². The number of hydrogen-bond donors (Lipinski definition) is 1.